The standard InChI is InChI=1S/C20H18F3N3O2/c1-13-8-9-16(28-13)12-26(2)19(27)17-7-4-10-24-18(17)25-15-6-3-5-14(11-15)20(21,22)23/h3-11H,12H2,1-2H3,(H,24,25). The number of nitrogens with zero attached hydrogens (tertiary/aromatic N) is 2. The van der Waals surface area contributed by atoms with Gasteiger partial charge in [-0.2, -0.15) is 13.2 Å². The molecule has 0 aliphatic rings. The molecule has 0 saturated heterocycles. The number of amides is 1. The van der Waals surface area contributed by atoms with E-state index in [9.17, 15) is 18.0 Å². The molecule has 2 heterocycles. The van der Waals surface area contributed by atoms with Crippen LogP contribution in [0.15, 0.2) is 59.1 Å². The van der Waals surface area contributed by atoms with Crippen LogP contribution in [0.1, 0.15) is 27.4 Å². The molecular weight excluding hydrogens is 371 g/mol. The number of pyridine rings is 1. The van der Waals surface area contributed by atoms with Crippen molar-refractivity contribution >= 4 is 17.4 Å². The van der Waals surface area contributed by atoms with Crippen molar-refractivity contribution in [1.82, 2.24) is 9.88 Å². The van der Waals surface area contributed by atoms with Crippen LogP contribution in [0.2, 0.25) is 0 Å². The number of benzene rings is 1. The number of anilines is 2. The number of carbonyl (C=O) groups is 1. The highest BCUT2D eigenvalue weighted by Crippen LogP contribution is 2.31. The number of nitrogens with one attached hydrogen (secondary N) is 1. The van der Waals surface area contributed by atoms with Crippen LogP contribution in [0.5, 0.6) is 0 Å². The van der Waals surface area contributed by atoms with Gasteiger partial charge in [0.25, 0.3) is 5.91 Å². The number of halogens is 3. The number of hydrogen-bond acceptors (Lipinski definition) is 4. The molecule has 0 aliphatic carbocycles. The van der Waals surface area contributed by atoms with E-state index in [1.165, 1.54) is 23.2 Å². The SMILES string of the molecule is Cc1ccc(CN(C)C(=O)c2cccnc2Nc2cccc(C(F)(F)F)c2)o1. The second kappa shape index (κ2) is 7.75. The third-order valence-electron chi connectivity index (χ3n) is 4.03. The molecule has 0 aliphatic heterocycles. The highest BCUT2D eigenvalue weighted by Gasteiger charge is 2.30. The summed E-state index contributed by atoms with van der Waals surface area (Å²) < 4.78 is 44.2. The lowest BCUT2D eigenvalue weighted by Crippen LogP contribution is -2.27. The van der Waals surface area contributed by atoms with Gasteiger partial charge in [-0.1, -0.05) is 6.07 Å². The molecule has 0 spiro atoms. The summed E-state index contributed by atoms with van der Waals surface area (Å²) in [4.78, 5) is 18.4. The van der Waals surface area contributed by atoms with Gasteiger partial charge in [0.15, 0.2) is 0 Å². The summed E-state index contributed by atoms with van der Waals surface area (Å²) in [5.41, 5.74) is -0.357. The number of aromatic nitrogens is 1. The molecule has 0 fully saturated rings. The van der Waals surface area contributed by atoms with Gasteiger partial charge in [0, 0.05) is 18.9 Å². The maximum atomic E-state index is 12.9. The van der Waals surface area contributed by atoms with Gasteiger partial charge >= 0.3 is 6.18 Å². The van der Waals surface area contributed by atoms with E-state index in [2.05, 4.69) is 10.3 Å². The van der Waals surface area contributed by atoms with Crippen LogP contribution in [-0.2, 0) is 12.7 Å². The number of carbonyl (C=O) groups excluding carboxylic acids is 1. The van der Waals surface area contributed by atoms with E-state index >= 15 is 0 Å². The zero-order valence-corrected chi connectivity index (χ0v) is 15.2. The molecule has 8 heteroatoms. The van der Waals surface area contributed by atoms with E-state index in [1.807, 2.05) is 6.92 Å². The largest absolute Gasteiger partial charge is 0.464 e. The highest BCUT2D eigenvalue weighted by atomic mass is 19.4. The zero-order valence-electron chi connectivity index (χ0n) is 15.2. The Labute approximate surface area is 159 Å². The van der Waals surface area contributed by atoms with Gasteiger partial charge in [-0.15, -0.1) is 0 Å². The van der Waals surface area contributed by atoms with Crippen LogP contribution in [0.4, 0.5) is 24.7 Å². The normalized spacial score (nSPS) is 11.3. The van der Waals surface area contributed by atoms with E-state index in [0.29, 0.717) is 5.76 Å². The number of hydrogen-bond donors (Lipinski definition) is 1. The first-order valence-electron chi connectivity index (χ1n) is 8.44. The Hall–Kier alpha value is -3.29. The Morgan fingerprint density at radius 2 is 1.96 bits per heavy atom. The van der Waals surface area contributed by atoms with E-state index in [1.54, 1.807) is 31.3 Å². The summed E-state index contributed by atoms with van der Waals surface area (Å²) in [7, 11) is 1.61. The van der Waals surface area contributed by atoms with Gasteiger partial charge in [-0.3, -0.25) is 4.79 Å². The molecule has 0 saturated carbocycles. The lowest BCUT2D eigenvalue weighted by atomic mass is 10.1. The number of aryl methyl sites for hydroxylation is 1. The molecule has 5 nitrogen and oxygen atoms in total. The fourth-order valence-corrected chi connectivity index (χ4v) is 2.67. The third kappa shape index (κ3) is 4.51. The topological polar surface area (TPSA) is 58.4 Å². The number of alkyl halides is 3. The van der Waals surface area contributed by atoms with E-state index < -0.39 is 11.7 Å². The Morgan fingerprint density at radius 3 is 2.64 bits per heavy atom. The minimum absolute atomic E-state index is 0.175. The monoisotopic (exact) mass is 389 g/mol. The molecule has 0 radical (unpaired) electrons. The highest BCUT2D eigenvalue weighted by molar-refractivity contribution is 5.99. The van der Waals surface area contributed by atoms with Crippen LogP contribution in [-0.4, -0.2) is 22.8 Å². The van der Waals surface area contributed by atoms with E-state index in [-0.39, 0.29) is 29.5 Å². The fraction of sp³-hybridized carbons (Fsp3) is 0.200. The molecule has 1 amide bonds. The molecule has 0 atom stereocenters. The van der Waals surface area contributed by atoms with E-state index in [0.717, 1.165) is 17.9 Å². The predicted molar refractivity (Wildman–Crippen MR) is 98.2 cm³/mol. The van der Waals surface area contributed by atoms with Gasteiger partial charge in [-0.25, -0.2) is 4.98 Å². The summed E-state index contributed by atoms with van der Waals surface area (Å²) in [6, 6.07) is 11.5. The lowest BCUT2D eigenvalue weighted by Gasteiger charge is -2.18. The van der Waals surface area contributed by atoms with Crippen molar-refractivity contribution in [2.45, 2.75) is 19.6 Å². The Kier molecular flexibility index (Phi) is 5.39. The maximum absolute atomic E-state index is 12.9. The van der Waals surface area contributed by atoms with Crippen molar-refractivity contribution < 1.29 is 22.4 Å². The minimum Gasteiger partial charge on any atom is -0.464 e. The third-order valence-corrected chi connectivity index (χ3v) is 4.03. The second-order valence-corrected chi connectivity index (χ2v) is 6.28. The molecular formula is C20H18F3N3O2. The van der Waals surface area contributed by atoms with Crippen molar-refractivity contribution in [3.05, 3.63) is 77.4 Å². The van der Waals surface area contributed by atoms with Crippen molar-refractivity contribution in [3.8, 4) is 0 Å². The van der Waals surface area contributed by atoms with Gasteiger partial charge < -0.3 is 14.6 Å². The van der Waals surface area contributed by atoms with Crippen molar-refractivity contribution in [2.24, 2.45) is 0 Å². The predicted octanol–water partition coefficient (Wildman–Crippen LogP) is 5.02. The molecule has 0 unspecified atom stereocenters. The molecule has 1 aromatic carbocycles. The average molecular weight is 389 g/mol. The quantitative estimate of drug-likeness (QED) is 0.666. The molecule has 2 aromatic heterocycles. The number of furan rings is 1. The molecule has 146 valence electrons. The van der Waals surface area contributed by atoms with Gasteiger partial charge in [0.2, 0.25) is 0 Å². The fourth-order valence-electron chi connectivity index (χ4n) is 2.67. The molecule has 3 rings (SSSR count). The summed E-state index contributed by atoms with van der Waals surface area (Å²) in [6.07, 6.45) is -3.00. The van der Waals surface area contributed by atoms with Crippen molar-refractivity contribution in [2.75, 3.05) is 12.4 Å². The Bertz CT molecular complexity index is 983. The first-order chi connectivity index (χ1) is 13.2. The van der Waals surface area contributed by atoms with Crippen LogP contribution in [0.3, 0.4) is 0 Å². The summed E-state index contributed by atoms with van der Waals surface area (Å²) in [5.74, 6) is 1.21. The Morgan fingerprint density at radius 1 is 1.18 bits per heavy atom. The zero-order chi connectivity index (χ0) is 20.3. The second-order valence-electron chi connectivity index (χ2n) is 6.28. The first-order valence-corrected chi connectivity index (χ1v) is 8.44. The van der Waals surface area contributed by atoms with Crippen LogP contribution in [0, 0.1) is 6.92 Å². The first kappa shape index (κ1) is 19.5. The van der Waals surface area contributed by atoms with Gasteiger partial charge in [0.05, 0.1) is 17.7 Å². The smallest absolute Gasteiger partial charge is 0.416 e. The molecule has 0 bridgehead atoms. The molecule has 3 aromatic rings. The summed E-state index contributed by atoms with van der Waals surface area (Å²) in [5, 5.41) is 2.81. The Balaban J connectivity index is 1.82. The van der Waals surface area contributed by atoms with Crippen LogP contribution >= 0.6 is 0 Å². The van der Waals surface area contributed by atoms with E-state index in [4.69, 9.17) is 4.42 Å². The maximum Gasteiger partial charge on any atom is 0.416 e. The van der Waals surface area contributed by atoms with Gasteiger partial charge in [-0.05, 0) is 49.4 Å². The van der Waals surface area contributed by atoms with Gasteiger partial charge in [0.1, 0.15) is 17.3 Å². The van der Waals surface area contributed by atoms with Crippen molar-refractivity contribution in [1.29, 1.82) is 0 Å². The number of rotatable bonds is 5. The molecule has 1 N–H and O–H groups in total. The summed E-state index contributed by atoms with van der Waals surface area (Å²) >= 11 is 0. The summed E-state index contributed by atoms with van der Waals surface area (Å²) in [6.45, 7) is 2.06. The van der Waals surface area contributed by atoms with Crippen LogP contribution in [0.25, 0.3) is 0 Å². The van der Waals surface area contributed by atoms with Crippen LogP contribution < -0.4 is 5.32 Å². The average Bonchev–Trinajstić information content (AvgIpc) is 3.06. The van der Waals surface area contributed by atoms with Crippen molar-refractivity contribution in [3.63, 3.8) is 0 Å². The lowest BCUT2D eigenvalue weighted by molar-refractivity contribution is -0.137. The minimum atomic E-state index is -4.46. The molecule has 28 heavy (non-hydrogen) atoms.